The van der Waals surface area contributed by atoms with Crippen LogP contribution in [0, 0.1) is 11.6 Å². The number of ether oxygens (including phenoxy) is 4. The van der Waals surface area contributed by atoms with E-state index < -0.39 is 18.2 Å². The topological polar surface area (TPSA) is 36.9 Å². The largest absolute Gasteiger partial charge is 0.432 e. The molecule has 1 heterocycles. The zero-order valence-electron chi connectivity index (χ0n) is 20.9. The SMILES string of the molecule is CCCCOC1COC(CCc2ccc3c(F)c(CCc4ccc(OC(F)F)c(F)c4)ccc3c2)OC1. The summed E-state index contributed by atoms with van der Waals surface area (Å²) in [5.74, 6) is -1.68. The maximum absolute atomic E-state index is 15.2. The Morgan fingerprint density at radius 3 is 2.41 bits per heavy atom. The van der Waals surface area contributed by atoms with Crippen molar-refractivity contribution >= 4 is 10.8 Å². The predicted molar refractivity (Wildman–Crippen MR) is 133 cm³/mol. The van der Waals surface area contributed by atoms with E-state index in [1.807, 2.05) is 18.2 Å². The molecule has 200 valence electrons. The molecule has 3 aromatic carbocycles. The summed E-state index contributed by atoms with van der Waals surface area (Å²) in [6.07, 6.45) is 3.97. The molecule has 1 aliphatic rings. The second-order valence-electron chi connectivity index (χ2n) is 9.22. The van der Waals surface area contributed by atoms with Crippen LogP contribution in [0.1, 0.15) is 42.9 Å². The molecule has 0 atom stereocenters. The summed E-state index contributed by atoms with van der Waals surface area (Å²) in [5.41, 5.74) is 2.14. The summed E-state index contributed by atoms with van der Waals surface area (Å²) >= 11 is 0. The third-order valence-electron chi connectivity index (χ3n) is 6.45. The van der Waals surface area contributed by atoms with E-state index in [0.717, 1.165) is 49.0 Å². The van der Waals surface area contributed by atoms with Crippen LogP contribution in [0.5, 0.6) is 5.75 Å². The summed E-state index contributed by atoms with van der Waals surface area (Å²) < 4.78 is 75.2. The van der Waals surface area contributed by atoms with Crippen LogP contribution in [0.2, 0.25) is 0 Å². The third kappa shape index (κ3) is 7.66. The van der Waals surface area contributed by atoms with Gasteiger partial charge in [0.05, 0.1) is 13.2 Å². The van der Waals surface area contributed by atoms with Gasteiger partial charge in [0.2, 0.25) is 0 Å². The maximum atomic E-state index is 15.2. The highest BCUT2D eigenvalue weighted by atomic mass is 19.3. The molecule has 0 aromatic heterocycles. The van der Waals surface area contributed by atoms with Crippen molar-refractivity contribution in [3.05, 3.63) is 76.9 Å². The Kier molecular flexibility index (Phi) is 9.77. The molecule has 0 saturated carbocycles. The number of alkyl halides is 2. The first-order chi connectivity index (χ1) is 17.9. The molecule has 4 nitrogen and oxygen atoms in total. The van der Waals surface area contributed by atoms with Gasteiger partial charge in [-0.25, -0.2) is 8.78 Å². The van der Waals surface area contributed by atoms with Gasteiger partial charge < -0.3 is 18.9 Å². The van der Waals surface area contributed by atoms with Gasteiger partial charge in [-0.2, -0.15) is 8.78 Å². The molecule has 0 aliphatic carbocycles. The van der Waals surface area contributed by atoms with Crippen LogP contribution in [-0.4, -0.2) is 38.8 Å². The van der Waals surface area contributed by atoms with Crippen molar-refractivity contribution in [2.75, 3.05) is 19.8 Å². The van der Waals surface area contributed by atoms with E-state index in [9.17, 15) is 13.2 Å². The minimum absolute atomic E-state index is 0.0152. The van der Waals surface area contributed by atoms with E-state index in [1.54, 1.807) is 12.1 Å². The molecular weight excluding hydrogens is 488 g/mol. The number of rotatable bonds is 12. The number of hydrogen-bond acceptors (Lipinski definition) is 4. The standard InChI is InChI=1S/C29H32F4O4/c1-2-3-14-34-23-17-35-27(36-18-23)13-7-19-5-11-24-22(15-19)10-9-21(28(24)31)8-4-20-6-12-26(25(30)16-20)37-29(32)33/h5-6,9-12,15-16,23,27,29H,2-4,7-8,13-14,17-18H2,1H3. The van der Waals surface area contributed by atoms with Gasteiger partial charge in [-0.3, -0.25) is 0 Å². The fraction of sp³-hybridized carbons (Fsp3) is 0.448. The van der Waals surface area contributed by atoms with Crippen molar-refractivity contribution in [2.24, 2.45) is 0 Å². The van der Waals surface area contributed by atoms with Gasteiger partial charge in [0.1, 0.15) is 11.9 Å². The lowest BCUT2D eigenvalue weighted by molar-refractivity contribution is -0.227. The summed E-state index contributed by atoms with van der Waals surface area (Å²) in [6, 6.07) is 13.1. The second kappa shape index (κ2) is 13.2. The van der Waals surface area contributed by atoms with Crippen LogP contribution in [-0.2, 0) is 33.5 Å². The monoisotopic (exact) mass is 520 g/mol. The summed E-state index contributed by atoms with van der Waals surface area (Å²) in [5, 5.41) is 1.32. The Balaban J connectivity index is 1.31. The van der Waals surface area contributed by atoms with Crippen molar-refractivity contribution in [1.29, 1.82) is 0 Å². The summed E-state index contributed by atoms with van der Waals surface area (Å²) in [7, 11) is 0. The fourth-order valence-corrected chi connectivity index (χ4v) is 4.37. The molecule has 0 unspecified atom stereocenters. The van der Waals surface area contributed by atoms with Gasteiger partial charge in [0.15, 0.2) is 17.9 Å². The van der Waals surface area contributed by atoms with E-state index in [-0.39, 0.29) is 18.2 Å². The highest BCUT2D eigenvalue weighted by Gasteiger charge is 2.22. The van der Waals surface area contributed by atoms with Crippen molar-refractivity contribution in [2.45, 2.75) is 64.5 Å². The smallest absolute Gasteiger partial charge is 0.387 e. The lowest BCUT2D eigenvalue weighted by Gasteiger charge is -2.29. The molecule has 3 aromatic rings. The minimum atomic E-state index is -3.09. The fourth-order valence-electron chi connectivity index (χ4n) is 4.37. The Bertz CT molecular complexity index is 1160. The molecule has 8 heteroatoms. The Morgan fingerprint density at radius 1 is 0.919 bits per heavy atom. The number of fused-ring (bicyclic) bond motifs is 1. The third-order valence-corrected chi connectivity index (χ3v) is 6.45. The van der Waals surface area contributed by atoms with Crippen LogP contribution in [0.15, 0.2) is 48.5 Å². The molecule has 1 fully saturated rings. The van der Waals surface area contributed by atoms with E-state index in [4.69, 9.17) is 14.2 Å². The molecule has 1 saturated heterocycles. The highest BCUT2D eigenvalue weighted by Crippen LogP contribution is 2.26. The van der Waals surface area contributed by atoms with Gasteiger partial charge >= 0.3 is 6.61 Å². The van der Waals surface area contributed by atoms with Crippen LogP contribution in [0.3, 0.4) is 0 Å². The van der Waals surface area contributed by atoms with Gasteiger partial charge in [-0.1, -0.05) is 49.7 Å². The van der Waals surface area contributed by atoms with Crippen LogP contribution in [0.25, 0.3) is 10.8 Å². The number of aryl methyl sites for hydroxylation is 3. The molecule has 1 aliphatic heterocycles. The Hall–Kier alpha value is -2.68. The first kappa shape index (κ1) is 27.4. The van der Waals surface area contributed by atoms with Crippen molar-refractivity contribution in [3.63, 3.8) is 0 Å². The first-order valence-corrected chi connectivity index (χ1v) is 12.7. The second-order valence-corrected chi connectivity index (χ2v) is 9.22. The van der Waals surface area contributed by atoms with Crippen LogP contribution < -0.4 is 4.74 Å². The maximum Gasteiger partial charge on any atom is 0.387 e. The van der Waals surface area contributed by atoms with Crippen LogP contribution >= 0.6 is 0 Å². The quantitative estimate of drug-likeness (QED) is 0.190. The molecule has 0 radical (unpaired) electrons. The zero-order valence-corrected chi connectivity index (χ0v) is 20.9. The first-order valence-electron chi connectivity index (χ1n) is 12.7. The number of benzene rings is 3. The molecule has 0 amide bonds. The van der Waals surface area contributed by atoms with E-state index in [1.165, 1.54) is 6.07 Å². The molecule has 4 rings (SSSR count). The van der Waals surface area contributed by atoms with Crippen molar-refractivity contribution in [1.82, 2.24) is 0 Å². The van der Waals surface area contributed by atoms with Crippen molar-refractivity contribution < 1.29 is 36.5 Å². The zero-order chi connectivity index (χ0) is 26.2. The average Bonchev–Trinajstić information content (AvgIpc) is 2.89. The lowest BCUT2D eigenvalue weighted by Crippen LogP contribution is -2.37. The Morgan fingerprint density at radius 2 is 1.68 bits per heavy atom. The number of unbranched alkanes of at least 4 members (excludes halogenated alkanes) is 1. The molecule has 0 N–H and O–H groups in total. The lowest BCUT2D eigenvalue weighted by atomic mass is 9.98. The highest BCUT2D eigenvalue weighted by molar-refractivity contribution is 5.84. The van der Waals surface area contributed by atoms with Crippen molar-refractivity contribution in [3.8, 4) is 5.75 Å². The minimum Gasteiger partial charge on any atom is -0.432 e. The summed E-state index contributed by atoms with van der Waals surface area (Å²) in [6.45, 7) is 0.807. The van der Waals surface area contributed by atoms with E-state index in [0.29, 0.717) is 49.0 Å². The van der Waals surface area contributed by atoms with Gasteiger partial charge in [0.25, 0.3) is 0 Å². The molecule has 0 spiro atoms. The van der Waals surface area contributed by atoms with Gasteiger partial charge in [-0.05, 0) is 59.9 Å². The predicted octanol–water partition coefficient (Wildman–Crippen LogP) is 7.00. The van der Waals surface area contributed by atoms with E-state index >= 15 is 4.39 Å². The average molecular weight is 521 g/mol. The molecule has 37 heavy (non-hydrogen) atoms. The molecular formula is C29H32F4O4. The molecule has 0 bridgehead atoms. The number of halogens is 4. The Labute approximate surface area is 214 Å². The van der Waals surface area contributed by atoms with E-state index in [2.05, 4.69) is 11.7 Å². The van der Waals surface area contributed by atoms with Gasteiger partial charge in [0, 0.05) is 18.4 Å². The normalized spacial score (nSPS) is 18.0. The number of hydrogen-bond donors (Lipinski definition) is 0. The van der Waals surface area contributed by atoms with Crippen LogP contribution in [0.4, 0.5) is 17.6 Å². The summed E-state index contributed by atoms with van der Waals surface area (Å²) in [4.78, 5) is 0. The van der Waals surface area contributed by atoms with Gasteiger partial charge in [-0.15, -0.1) is 0 Å².